The highest BCUT2D eigenvalue weighted by molar-refractivity contribution is 7.89. The van der Waals surface area contributed by atoms with Gasteiger partial charge in [-0.3, -0.25) is 14.5 Å². The molecule has 0 saturated carbocycles. The molecule has 8 nitrogen and oxygen atoms in total. The van der Waals surface area contributed by atoms with Gasteiger partial charge in [0.1, 0.15) is 0 Å². The number of likely N-dealkylation sites (N-methyl/N-ethyl adjacent to an activating group) is 2. The van der Waals surface area contributed by atoms with Gasteiger partial charge >= 0.3 is 0 Å². The zero-order chi connectivity index (χ0) is 20.7. The Balaban J connectivity index is 2.00. The highest BCUT2D eigenvalue weighted by Gasteiger charge is 2.27. The van der Waals surface area contributed by atoms with Gasteiger partial charge in [-0.05, 0) is 57.5 Å². The van der Waals surface area contributed by atoms with Crippen molar-refractivity contribution in [2.75, 3.05) is 38.0 Å². The largest absolute Gasteiger partial charge is 0.355 e. The van der Waals surface area contributed by atoms with Gasteiger partial charge in [-0.25, -0.2) is 8.42 Å². The summed E-state index contributed by atoms with van der Waals surface area (Å²) in [7, 11) is -3.47. The fourth-order valence-corrected chi connectivity index (χ4v) is 4.68. The summed E-state index contributed by atoms with van der Waals surface area (Å²) < 4.78 is 26.6. The molecular formula is C19H30N4O4S. The Labute approximate surface area is 167 Å². The van der Waals surface area contributed by atoms with E-state index in [0.717, 1.165) is 12.8 Å². The lowest BCUT2D eigenvalue weighted by molar-refractivity contribution is -0.125. The minimum atomic E-state index is -3.47. The van der Waals surface area contributed by atoms with Crippen molar-refractivity contribution >= 4 is 27.5 Å². The van der Waals surface area contributed by atoms with Crippen molar-refractivity contribution in [3.8, 4) is 0 Å². The summed E-state index contributed by atoms with van der Waals surface area (Å²) in [6.07, 6.45) is 1.77. The number of nitrogens with zero attached hydrogens (tertiary/aromatic N) is 2. The Hall–Kier alpha value is -1.97. The maximum Gasteiger partial charge on any atom is 0.243 e. The van der Waals surface area contributed by atoms with Crippen molar-refractivity contribution in [2.45, 2.75) is 44.6 Å². The van der Waals surface area contributed by atoms with Gasteiger partial charge in [-0.1, -0.05) is 6.92 Å². The van der Waals surface area contributed by atoms with Crippen LogP contribution >= 0.6 is 0 Å². The molecule has 0 aliphatic carbocycles. The van der Waals surface area contributed by atoms with Crippen LogP contribution in [0.25, 0.3) is 0 Å². The number of sulfonamides is 1. The standard InChI is InChI=1S/C19H30N4O4S/c1-4-20-18(24)14-22(5-2)15(3)19(25)21-16-8-10-17(11-9-16)28(26,27)23-12-6-7-13-23/h8-11,15H,4-7,12-14H2,1-3H3,(H,20,24)(H,21,25)/t15-/m1/s1. The Morgan fingerprint density at radius 3 is 2.29 bits per heavy atom. The van der Waals surface area contributed by atoms with Crippen LogP contribution in [0.5, 0.6) is 0 Å². The van der Waals surface area contributed by atoms with Crippen molar-refractivity contribution in [3.63, 3.8) is 0 Å². The molecule has 2 amide bonds. The number of carbonyl (C=O) groups excluding carboxylic acids is 2. The number of rotatable bonds is 9. The predicted molar refractivity (Wildman–Crippen MR) is 108 cm³/mol. The first-order valence-electron chi connectivity index (χ1n) is 9.71. The van der Waals surface area contributed by atoms with E-state index in [1.807, 2.05) is 13.8 Å². The molecule has 1 aliphatic heterocycles. The third kappa shape index (κ3) is 5.52. The average Bonchev–Trinajstić information content (AvgIpc) is 3.22. The molecule has 0 spiro atoms. The average molecular weight is 411 g/mol. The molecule has 0 unspecified atom stereocenters. The summed E-state index contributed by atoms with van der Waals surface area (Å²) in [5.74, 6) is -0.373. The minimum Gasteiger partial charge on any atom is -0.355 e. The van der Waals surface area contributed by atoms with Gasteiger partial charge in [-0.15, -0.1) is 0 Å². The normalized spacial score (nSPS) is 16.1. The van der Waals surface area contributed by atoms with Crippen LogP contribution < -0.4 is 10.6 Å². The monoisotopic (exact) mass is 410 g/mol. The van der Waals surface area contributed by atoms with Gasteiger partial charge in [0.2, 0.25) is 21.8 Å². The number of benzene rings is 1. The highest BCUT2D eigenvalue weighted by atomic mass is 32.2. The Morgan fingerprint density at radius 1 is 1.14 bits per heavy atom. The summed E-state index contributed by atoms with van der Waals surface area (Å²) in [5.41, 5.74) is 0.520. The van der Waals surface area contributed by atoms with Crippen LogP contribution in [0.1, 0.15) is 33.6 Å². The summed E-state index contributed by atoms with van der Waals surface area (Å²) in [6.45, 7) is 7.82. The van der Waals surface area contributed by atoms with Gasteiger partial charge in [0.25, 0.3) is 0 Å². The summed E-state index contributed by atoms with van der Waals surface area (Å²) in [4.78, 5) is 26.3. The van der Waals surface area contributed by atoms with Crippen LogP contribution in [0.15, 0.2) is 29.2 Å². The van der Waals surface area contributed by atoms with E-state index in [-0.39, 0.29) is 23.3 Å². The van der Waals surface area contributed by atoms with Gasteiger partial charge < -0.3 is 10.6 Å². The number of amides is 2. The van der Waals surface area contributed by atoms with Crippen LogP contribution in [0.3, 0.4) is 0 Å². The van der Waals surface area contributed by atoms with Crippen LogP contribution in [0, 0.1) is 0 Å². The van der Waals surface area contributed by atoms with Crippen molar-refractivity contribution in [3.05, 3.63) is 24.3 Å². The quantitative estimate of drug-likeness (QED) is 0.639. The van der Waals surface area contributed by atoms with E-state index in [2.05, 4.69) is 10.6 Å². The van der Waals surface area contributed by atoms with E-state index < -0.39 is 16.1 Å². The number of anilines is 1. The Bertz CT molecular complexity index is 774. The number of hydrogen-bond donors (Lipinski definition) is 2. The maximum atomic E-state index is 12.6. The molecule has 1 fully saturated rings. The van der Waals surface area contributed by atoms with E-state index in [9.17, 15) is 18.0 Å². The zero-order valence-corrected chi connectivity index (χ0v) is 17.6. The fourth-order valence-electron chi connectivity index (χ4n) is 3.16. The first kappa shape index (κ1) is 22.3. The van der Waals surface area contributed by atoms with Crippen molar-refractivity contribution in [1.29, 1.82) is 0 Å². The fraction of sp³-hybridized carbons (Fsp3) is 0.579. The van der Waals surface area contributed by atoms with Gasteiger partial charge in [0.05, 0.1) is 17.5 Å². The lowest BCUT2D eigenvalue weighted by Crippen LogP contribution is -2.46. The molecule has 28 heavy (non-hydrogen) atoms. The van der Waals surface area contributed by atoms with E-state index in [4.69, 9.17) is 0 Å². The number of carbonyl (C=O) groups is 2. The second-order valence-electron chi connectivity index (χ2n) is 6.82. The second-order valence-corrected chi connectivity index (χ2v) is 8.76. The molecule has 1 heterocycles. The van der Waals surface area contributed by atoms with E-state index in [1.54, 1.807) is 24.0 Å². The lowest BCUT2D eigenvalue weighted by Gasteiger charge is -2.26. The topological polar surface area (TPSA) is 98.8 Å². The van der Waals surface area contributed by atoms with E-state index in [1.165, 1.54) is 16.4 Å². The smallest absolute Gasteiger partial charge is 0.243 e. The third-order valence-corrected chi connectivity index (χ3v) is 6.79. The molecule has 0 radical (unpaired) electrons. The van der Waals surface area contributed by atoms with Gasteiger partial charge in [0, 0.05) is 25.3 Å². The molecule has 2 N–H and O–H groups in total. The summed E-state index contributed by atoms with van der Waals surface area (Å²) in [5, 5.41) is 5.51. The van der Waals surface area contributed by atoms with Gasteiger partial charge in [-0.2, -0.15) is 4.31 Å². The maximum absolute atomic E-state index is 12.6. The van der Waals surface area contributed by atoms with Crippen LogP contribution in [-0.2, 0) is 19.6 Å². The Kier molecular flexibility index (Phi) is 7.97. The molecule has 156 valence electrons. The molecule has 0 aromatic heterocycles. The van der Waals surface area contributed by atoms with Crippen LogP contribution in [-0.4, -0.2) is 68.2 Å². The molecule has 1 atom stereocenters. The van der Waals surface area contributed by atoms with Crippen molar-refractivity contribution < 1.29 is 18.0 Å². The predicted octanol–water partition coefficient (Wildman–Crippen LogP) is 1.26. The van der Waals surface area contributed by atoms with Crippen molar-refractivity contribution in [2.24, 2.45) is 0 Å². The van der Waals surface area contributed by atoms with Crippen molar-refractivity contribution in [1.82, 2.24) is 14.5 Å². The molecule has 0 bridgehead atoms. The van der Waals surface area contributed by atoms with Crippen LogP contribution in [0.4, 0.5) is 5.69 Å². The first-order chi connectivity index (χ1) is 13.3. The number of hydrogen-bond acceptors (Lipinski definition) is 5. The SMILES string of the molecule is CCNC(=O)CN(CC)[C@H](C)C(=O)Nc1ccc(S(=O)(=O)N2CCCC2)cc1. The molecule has 1 aromatic carbocycles. The summed E-state index contributed by atoms with van der Waals surface area (Å²) >= 11 is 0. The molecule has 2 rings (SSSR count). The second kappa shape index (κ2) is 9.99. The minimum absolute atomic E-state index is 0.125. The molecule has 1 aromatic rings. The van der Waals surface area contributed by atoms with E-state index >= 15 is 0 Å². The van der Waals surface area contributed by atoms with Gasteiger partial charge in [0.15, 0.2) is 0 Å². The zero-order valence-electron chi connectivity index (χ0n) is 16.8. The number of nitrogens with one attached hydrogen (secondary N) is 2. The Morgan fingerprint density at radius 2 is 1.75 bits per heavy atom. The molecular weight excluding hydrogens is 380 g/mol. The summed E-state index contributed by atoms with van der Waals surface area (Å²) in [6, 6.07) is 5.71. The molecule has 9 heteroatoms. The van der Waals surface area contributed by atoms with E-state index in [0.29, 0.717) is 31.9 Å². The van der Waals surface area contributed by atoms with Crippen LogP contribution in [0.2, 0.25) is 0 Å². The first-order valence-corrected chi connectivity index (χ1v) is 11.2. The lowest BCUT2D eigenvalue weighted by atomic mass is 10.2. The third-order valence-electron chi connectivity index (χ3n) is 4.88. The highest BCUT2D eigenvalue weighted by Crippen LogP contribution is 2.22. The molecule has 1 aliphatic rings. The molecule has 1 saturated heterocycles.